The van der Waals surface area contributed by atoms with Crippen molar-refractivity contribution >= 4 is 36.0 Å². The maximum atomic E-state index is 11.6. The van der Waals surface area contributed by atoms with Gasteiger partial charge in [-0.3, -0.25) is 4.99 Å². The predicted octanol–water partition coefficient (Wildman–Crippen LogP) is 3.86. The Labute approximate surface area is 207 Å². The highest BCUT2D eigenvalue weighted by atomic mass is 127. The van der Waals surface area contributed by atoms with Crippen molar-refractivity contribution in [1.29, 1.82) is 0 Å². The number of rotatable bonds is 9. The van der Waals surface area contributed by atoms with E-state index in [1.807, 2.05) is 63.2 Å². The first kappa shape index (κ1) is 27.5. The topological polar surface area (TPSA) is 96.9 Å². The molecule has 3 N–H and O–H groups in total. The first-order valence-corrected chi connectivity index (χ1v) is 10.4. The molecule has 0 unspecified atom stereocenters. The summed E-state index contributed by atoms with van der Waals surface area (Å²) in [5.74, 6) is 1.26. The van der Waals surface area contributed by atoms with Crippen LogP contribution in [0.3, 0.4) is 0 Å². The van der Waals surface area contributed by atoms with E-state index in [0.717, 1.165) is 17.5 Å². The van der Waals surface area contributed by atoms with E-state index in [1.165, 1.54) is 0 Å². The SMILES string of the molecule is CN=C(NCCCNC(=O)OC(C)(C)C)NCc1ccnc(OCc2ccccc2)c1.I. The highest BCUT2D eigenvalue weighted by Gasteiger charge is 2.15. The lowest BCUT2D eigenvalue weighted by molar-refractivity contribution is 0.0527. The van der Waals surface area contributed by atoms with Gasteiger partial charge in [-0.05, 0) is 44.4 Å². The lowest BCUT2D eigenvalue weighted by atomic mass is 10.2. The number of amides is 1. The molecule has 0 radical (unpaired) electrons. The van der Waals surface area contributed by atoms with E-state index in [2.05, 4.69) is 25.9 Å². The van der Waals surface area contributed by atoms with Crippen molar-refractivity contribution in [3.05, 3.63) is 59.8 Å². The molecule has 32 heavy (non-hydrogen) atoms. The molecule has 176 valence electrons. The molecule has 1 aromatic heterocycles. The van der Waals surface area contributed by atoms with E-state index in [1.54, 1.807) is 13.2 Å². The van der Waals surface area contributed by atoms with Gasteiger partial charge in [-0.1, -0.05) is 30.3 Å². The normalized spacial score (nSPS) is 11.2. The van der Waals surface area contributed by atoms with Crippen LogP contribution >= 0.6 is 24.0 Å². The van der Waals surface area contributed by atoms with Gasteiger partial charge in [0.1, 0.15) is 12.2 Å². The van der Waals surface area contributed by atoms with Crippen molar-refractivity contribution in [2.45, 2.75) is 45.9 Å². The standard InChI is InChI=1S/C23H33N5O3.HI/c1-23(2,3)31-22(29)27-13-8-12-26-21(24-4)28-16-19-11-14-25-20(15-19)30-17-18-9-6-5-7-10-18;/h5-7,9-11,14-15H,8,12-13,16-17H2,1-4H3,(H,27,29)(H2,24,26,28);1H. The maximum absolute atomic E-state index is 11.6. The van der Waals surface area contributed by atoms with Gasteiger partial charge in [0.25, 0.3) is 0 Å². The van der Waals surface area contributed by atoms with Crippen LogP contribution in [0.5, 0.6) is 5.88 Å². The molecule has 8 nitrogen and oxygen atoms in total. The molecular weight excluding hydrogens is 521 g/mol. The Morgan fingerprint density at radius 2 is 1.75 bits per heavy atom. The Hall–Kier alpha value is -2.56. The highest BCUT2D eigenvalue weighted by Crippen LogP contribution is 2.11. The zero-order chi connectivity index (χ0) is 22.5. The number of alkyl carbamates (subject to hydrolysis) is 1. The number of benzene rings is 1. The number of aromatic nitrogens is 1. The third-order valence-corrected chi connectivity index (χ3v) is 4.03. The summed E-state index contributed by atoms with van der Waals surface area (Å²) in [6.07, 6.45) is 2.07. The van der Waals surface area contributed by atoms with Crippen LogP contribution in [0.4, 0.5) is 4.79 Å². The molecule has 0 bridgehead atoms. The van der Waals surface area contributed by atoms with Gasteiger partial charge in [0.15, 0.2) is 5.96 Å². The van der Waals surface area contributed by atoms with E-state index in [4.69, 9.17) is 9.47 Å². The molecule has 0 aliphatic carbocycles. The fraction of sp³-hybridized carbons (Fsp3) is 0.435. The minimum absolute atomic E-state index is 0. The van der Waals surface area contributed by atoms with Gasteiger partial charge in [-0.2, -0.15) is 0 Å². The van der Waals surface area contributed by atoms with Crippen LogP contribution in [-0.4, -0.2) is 42.8 Å². The molecule has 1 heterocycles. The second-order valence-electron chi connectivity index (χ2n) is 7.91. The molecule has 0 spiro atoms. The zero-order valence-electron chi connectivity index (χ0n) is 19.2. The lowest BCUT2D eigenvalue weighted by Gasteiger charge is -2.19. The summed E-state index contributed by atoms with van der Waals surface area (Å²) in [4.78, 5) is 20.1. The van der Waals surface area contributed by atoms with Gasteiger partial charge in [0.05, 0.1) is 0 Å². The maximum Gasteiger partial charge on any atom is 0.407 e. The Morgan fingerprint density at radius 3 is 2.44 bits per heavy atom. The van der Waals surface area contributed by atoms with Crippen molar-refractivity contribution in [3.63, 3.8) is 0 Å². The average molecular weight is 555 g/mol. The second kappa shape index (κ2) is 14.5. The van der Waals surface area contributed by atoms with Crippen LogP contribution < -0.4 is 20.7 Å². The van der Waals surface area contributed by atoms with Crippen molar-refractivity contribution in [1.82, 2.24) is 20.9 Å². The monoisotopic (exact) mass is 555 g/mol. The van der Waals surface area contributed by atoms with E-state index in [9.17, 15) is 4.79 Å². The molecule has 0 saturated heterocycles. The summed E-state index contributed by atoms with van der Waals surface area (Å²) in [5.41, 5.74) is 1.64. The number of nitrogens with one attached hydrogen (secondary N) is 3. The van der Waals surface area contributed by atoms with Crippen LogP contribution in [0, 0.1) is 0 Å². The molecule has 0 atom stereocenters. The van der Waals surface area contributed by atoms with E-state index in [-0.39, 0.29) is 24.0 Å². The first-order valence-electron chi connectivity index (χ1n) is 10.4. The Morgan fingerprint density at radius 1 is 1.03 bits per heavy atom. The Balaban J connectivity index is 0.00000512. The van der Waals surface area contributed by atoms with E-state index in [0.29, 0.717) is 38.1 Å². The molecule has 9 heteroatoms. The smallest absolute Gasteiger partial charge is 0.407 e. The predicted molar refractivity (Wildman–Crippen MR) is 137 cm³/mol. The van der Waals surface area contributed by atoms with Gasteiger partial charge >= 0.3 is 6.09 Å². The van der Waals surface area contributed by atoms with Gasteiger partial charge in [-0.25, -0.2) is 9.78 Å². The zero-order valence-corrected chi connectivity index (χ0v) is 21.5. The van der Waals surface area contributed by atoms with Crippen molar-refractivity contribution < 1.29 is 14.3 Å². The van der Waals surface area contributed by atoms with E-state index >= 15 is 0 Å². The first-order chi connectivity index (χ1) is 14.9. The highest BCUT2D eigenvalue weighted by molar-refractivity contribution is 14.0. The number of carbonyl (C=O) groups excluding carboxylic acids is 1. The largest absolute Gasteiger partial charge is 0.473 e. The van der Waals surface area contributed by atoms with E-state index < -0.39 is 11.7 Å². The van der Waals surface area contributed by atoms with Gasteiger partial charge in [0.2, 0.25) is 5.88 Å². The quantitative estimate of drug-likeness (QED) is 0.188. The lowest BCUT2D eigenvalue weighted by Crippen LogP contribution is -2.39. The van der Waals surface area contributed by atoms with Gasteiger partial charge in [0, 0.05) is 38.9 Å². The number of hydrogen-bond donors (Lipinski definition) is 3. The molecule has 1 aromatic carbocycles. The number of halogens is 1. The number of aliphatic imine (C=N–C) groups is 1. The summed E-state index contributed by atoms with van der Waals surface area (Å²) >= 11 is 0. The van der Waals surface area contributed by atoms with Crippen LogP contribution in [-0.2, 0) is 17.9 Å². The number of hydrogen-bond acceptors (Lipinski definition) is 5. The number of nitrogens with zero attached hydrogens (tertiary/aromatic N) is 2. The molecule has 0 aliphatic heterocycles. The fourth-order valence-electron chi connectivity index (χ4n) is 2.58. The minimum atomic E-state index is -0.492. The molecule has 2 rings (SSSR count). The summed E-state index contributed by atoms with van der Waals surface area (Å²) in [6, 6.07) is 13.8. The van der Waals surface area contributed by atoms with Crippen LogP contribution in [0.2, 0.25) is 0 Å². The number of ether oxygens (including phenoxy) is 2. The summed E-state index contributed by atoms with van der Waals surface area (Å²) < 4.78 is 11.0. The summed E-state index contributed by atoms with van der Waals surface area (Å²) in [5, 5.41) is 9.22. The molecule has 0 fully saturated rings. The Bertz CT molecular complexity index is 841. The minimum Gasteiger partial charge on any atom is -0.473 e. The average Bonchev–Trinajstić information content (AvgIpc) is 2.74. The third-order valence-electron chi connectivity index (χ3n) is 4.03. The van der Waals surface area contributed by atoms with Crippen LogP contribution in [0.25, 0.3) is 0 Å². The molecule has 1 amide bonds. The van der Waals surface area contributed by atoms with Gasteiger partial charge in [-0.15, -0.1) is 24.0 Å². The third kappa shape index (κ3) is 11.7. The molecule has 2 aromatic rings. The second-order valence-corrected chi connectivity index (χ2v) is 7.91. The summed E-state index contributed by atoms with van der Waals surface area (Å²) in [7, 11) is 1.72. The van der Waals surface area contributed by atoms with Crippen LogP contribution in [0.1, 0.15) is 38.3 Å². The van der Waals surface area contributed by atoms with Gasteiger partial charge < -0.3 is 25.4 Å². The van der Waals surface area contributed by atoms with Crippen molar-refractivity contribution in [3.8, 4) is 5.88 Å². The number of carbonyl (C=O) groups is 1. The number of pyridine rings is 1. The van der Waals surface area contributed by atoms with Crippen LogP contribution in [0.15, 0.2) is 53.7 Å². The van der Waals surface area contributed by atoms with Crippen molar-refractivity contribution in [2.24, 2.45) is 4.99 Å². The molecular formula is C23H34IN5O3. The summed E-state index contributed by atoms with van der Waals surface area (Å²) in [6.45, 7) is 7.76. The number of guanidine groups is 1. The fourth-order valence-corrected chi connectivity index (χ4v) is 2.58. The molecule has 0 saturated carbocycles. The van der Waals surface area contributed by atoms with Crippen molar-refractivity contribution in [2.75, 3.05) is 20.1 Å². The molecule has 0 aliphatic rings. The Kier molecular flexibility index (Phi) is 12.4.